The number of oxazole rings is 1. The lowest BCUT2D eigenvalue weighted by molar-refractivity contribution is 0.538. The number of aryl methyl sites for hydroxylation is 1. The molecule has 3 heteroatoms. The fraction of sp³-hybridized carbons (Fsp3) is 0.533. The van der Waals surface area contributed by atoms with Crippen LogP contribution in [0.4, 0.5) is 5.69 Å². The van der Waals surface area contributed by atoms with Crippen molar-refractivity contribution in [2.75, 3.05) is 11.9 Å². The van der Waals surface area contributed by atoms with Crippen LogP contribution in [0.3, 0.4) is 0 Å². The third kappa shape index (κ3) is 2.35. The molecule has 96 valence electrons. The van der Waals surface area contributed by atoms with E-state index in [2.05, 4.69) is 29.4 Å². The number of fused-ring (bicyclic) bond motifs is 1. The van der Waals surface area contributed by atoms with E-state index < -0.39 is 0 Å². The van der Waals surface area contributed by atoms with E-state index in [1.807, 2.05) is 6.07 Å². The first-order valence-electron chi connectivity index (χ1n) is 6.98. The molecule has 1 aromatic carbocycles. The Kier molecular flexibility index (Phi) is 3.22. The molecule has 1 saturated carbocycles. The Balaban J connectivity index is 1.71. The molecule has 1 fully saturated rings. The molecule has 0 radical (unpaired) electrons. The molecule has 2 aromatic rings. The van der Waals surface area contributed by atoms with E-state index in [1.165, 1.54) is 25.7 Å². The monoisotopic (exact) mass is 244 g/mol. The molecule has 1 heterocycles. The van der Waals surface area contributed by atoms with Crippen LogP contribution in [0.2, 0.25) is 0 Å². The molecule has 3 rings (SSSR count). The topological polar surface area (TPSA) is 38.1 Å². The third-order valence-electron chi connectivity index (χ3n) is 3.80. The van der Waals surface area contributed by atoms with E-state index >= 15 is 0 Å². The van der Waals surface area contributed by atoms with E-state index in [4.69, 9.17) is 4.42 Å². The predicted octanol–water partition coefficient (Wildman–Crippen LogP) is 3.99. The van der Waals surface area contributed by atoms with Crippen LogP contribution in [-0.4, -0.2) is 11.5 Å². The van der Waals surface area contributed by atoms with Gasteiger partial charge in [0.25, 0.3) is 0 Å². The second kappa shape index (κ2) is 5.01. The maximum Gasteiger partial charge on any atom is 0.195 e. The summed E-state index contributed by atoms with van der Waals surface area (Å²) < 4.78 is 5.61. The number of hydrogen-bond acceptors (Lipinski definition) is 3. The Morgan fingerprint density at radius 2 is 2.17 bits per heavy atom. The van der Waals surface area contributed by atoms with Crippen molar-refractivity contribution >= 4 is 16.8 Å². The van der Waals surface area contributed by atoms with Crippen molar-refractivity contribution in [1.82, 2.24) is 4.98 Å². The number of nitrogens with zero attached hydrogens (tertiary/aromatic N) is 1. The average molecular weight is 244 g/mol. The van der Waals surface area contributed by atoms with Crippen molar-refractivity contribution in [1.29, 1.82) is 0 Å². The molecule has 0 saturated heterocycles. The van der Waals surface area contributed by atoms with Crippen LogP contribution in [0.1, 0.15) is 38.5 Å². The number of rotatable bonds is 4. The van der Waals surface area contributed by atoms with Gasteiger partial charge in [0.05, 0.1) is 0 Å². The summed E-state index contributed by atoms with van der Waals surface area (Å²) in [6.45, 7) is 3.15. The summed E-state index contributed by atoms with van der Waals surface area (Å²) in [7, 11) is 0. The first kappa shape index (κ1) is 11.6. The van der Waals surface area contributed by atoms with E-state index in [9.17, 15) is 0 Å². The molecule has 0 spiro atoms. The number of hydrogen-bond donors (Lipinski definition) is 1. The predicted molar refractivity (Wildman–Crippen MR) is 73.8 cm³/mol. The lowest BCUT2D eigenvalue weighted by Gasteiger charge is -2.11. The molecule has 1 aliphatic carbocycles. The van der Waals surface area contributed by atoms with Gasteiger partial charge < -0.3 is 9.73 Å². The smallest absolute Gasteiger partial charge is 0.195 e. The molecule has 0 aliphatic heterocycles. The van der Waals surface area contributed by atoms with E-state index in [-0.39, 0.29) is 0 Å². The average Bonchev–Trinajstić information content (AvgIpc) is 3.04. The molecular weight excluding hydrogens is 224 g/mol. The fourth-order valence-electron chi connectivity index (χ4n) is 2.71. The molecule has 3 nitrogen and oxygen atoms in total. The van der Waals surface area contributed by atoms with E-state index in [1.54, 1.807) is 0 Å². The minimum atomic E-state index is 0.818. The zero-order chi connectivity index (χ0) is 12.4. The van der Waals surface area contributed by atoms with Gasteiger partial charge in [0, 0.05) is 18.7 Å². The van der Waals surface area contributed by atoms with Crippen molar-refractivity contribution in [2.24, 2.45) is 5.92 Å². The Bertz CT molecular complexity index is 526. The number of nitrogens with one attached hydrogen (secondary N) is 1. The van der Waals surface area contributed by atoms with Gasteiger partial charge in [-0.15, -0.1) is 0 Å². The van der Waals surface area contributed by atoms with Crippen LogP contribution in [0.5, 0.6) is 0 Å². The number of anilines is 1. The second-order valence-corrected chi connectivity index (χ2v) is 5.18. The highest BCUT2D eigenvalue weighted by Gasteiger charge is 2.14. The molecule has 1 aliphatic rings. The van der Waals surface area contributed by atoms with Crippen molar-refractivity contribution in [3.05, 3.63) is 24.1 Å². The van der Waals surface area contributed by atoms with Crippen molar-refractivity contribution in [3.8, 4) is 0 Å². The lowest BCUT2D eigenvalue weighted by atomic mass is 10.1. The van der Waals surface area contributed by atoms with Crippen LogP contribution in [0, 0.1) is 5.92 Å². The first-order chi connectivity index (χ1) is 8.85. The Labute approximate surface area is 108 Å². The van der Waals surface area contributed by atoms with Crippen LogP contribution in [0.15, 0.2) is 22.6 Å². The summed E-state index contributed by atoms with van der Waals surface area (Å²) in [6, 6.07) is 6.19. The maximum absolute atomic E-state index is 5.61. The third-order valence-corrected chi connectivity index (χ3v) is 3.80. The summed E-state index contributed by atoms with van der Waals surface area (Å²) in [5.74, 6) is 1.67. The summed E-state index contributed by atoms with van der Waals surface area (Å²) in [5.41, 5.74) is 3.01. The minimum absolute atomic E-state index is 0.818. The van der Waals surface area contributed by atoms with Crippen LogP contribution < -0.4 is 5.32 Å². The molecule has 1 N–H and O–H groups in total. The van der Waals surface area contributed by atoms with Gasteiger partial charge in [0.15, 0.2) is 11.5 Å². The van der Waals surface area contributed by atoms with Crippen molar-refractivity contribution < 1.29 is 4.42 Å². The van der Waals surface area contributed by atoms with Crippen LogP contribution >= 0.6 is 0 Å². The van der Waals surface area contributed by atoms with Gasteiger partial charge in [-0.25, -0.2) is 4.98 Å². The fourth-order valence-corrected chi connectivity index (χ4v) is 2.71. The summed E-state index contributed by atoms with van der Waals surface area (Å²) in [5, 5.41) is 3.52. The molecule has 1 aromatic heterocycles. The molecule has 0 unspecified atom stereocenters. The van der Waals surface area contributed by atoms with Gasteiger partial charge in [-0.3, -0.25) is 0 Å². The van der Waals surface area contributed by atoms with Gasteiger partial charge in [-0.05, 0) is 37.0 Å². The van der Waals surface area contributed by atoms with Gasteiger partial charge >= 0.3 is 0 Å². The SMILES string of the molecule is CCc1nc2cc(NCC3CCCC3)ccc2o1. The summed E-state index contributed by atoms with van der Waals surface area (Å²) >= 11 is 0. The Hall–Kier alpha value is -1.51. The zero-order valence-electron chi connectivity index (χ0n) is 10.9. The highest BCUT2D eigenvalue weighted by atomic mass is 16.3. The van der Waals surface area contributed by atoms with Gasteiger partial charge in [0.1, 0.15) is 5.52 Å². The summed E-state index contributed by atoms with van der Waals surface area (Å²) in [4.78, 5) is 4.46. The second-order valence-electron chi connectivity index (χ2n) is 5.18. The van der Waals surface area contributed by atoms with Gasteiger partial charge in [-0.2, -0.15) is 0 Å². The Morgan fingerprint density at radius 3 is 2.94 bits per heavy atom. The van der Waals surface area contributed by atoms with Crippen molar-refractivity contribution in [2.45, 2.75) is 39.0 Å². The molecule has 0 amide bonds. The molecule has 0 atom stereocenters. The quantitative estimate of drug-likeness (QED) is 0.883. The first-order valence-corrected chi connectivity index (χ1v) is 6.98. The minimum Gasteiger partial charge on any atom is -0.441 e. The van der Waals surface area contributed by atoms with E-state index in [0.29, 0.717) is 0 Å². The summed E-state index contributed by atoms with van der Waals surface area (Å²) in [6.07, 6.45) is 6.39. The maximum atomic E-state index is 5.61. The van der Waals surface area contributed by atoms with Gasteiger partial charge in [-0.1, -0.05) is 19.8 Å². The van der Waals surface area contributed by atoms with Crippen LogP contribution in [0.25, 0.3) is 11.1 Å². The standard InChI is InChI=1S/C15H20N2O/c1-2-15-17-13-9-12(7-8-14(13)18-15)16-10-11-5-3-4-6-11/h7-9,11,16H,2-6,10H2,1H3. The highest BCUT2D eigenvalue weighted by molar-refractivity contribution is 5.77. The van der Waals surface area contributed by atoms with E-state index in [0.717, 1.165) is 41.6 Å². The normalized spacial score (nSPS) is 16.5. The van der Waals surface area contributed by atoms with Crippen molar-refractivity contribution in [3.63, 3.8) is 0 Å². The molecule has 18 heavy (non-hydrogen) atoms. The molecule has 0 bridgehead atoms. The molecular formula is C15H20N2O. The zero-order valence-corrected chi connectivity index (χ0v) is 10.9. The van der Waals surface area contributed by atoms with Gasteiger partial charge in [0.2, 0.25) is 0 Å². The largest absolute Gasteiger partial charge is 0.441 e. The Morgan fingerprint density at radius 1 is 1.33 bits per heavy atom. The highest BCUT2D eigenvalue weighted by Crippen LogP contribution is 2.26. The number of aromatic nitrogens is 1. The van der Waals surface area contributed by atoms with Crippen LogP contribution in [-0.2, 0) is 6.42 Å². The number of benzene rings is 1. The lowest BCUT2D eigenvalue weighted by Crippen LogP contribution is -2.10.